The van der Waals surface area contributed by atoms with Gasteiger partial charge >= 0.3 is 0 Å². The zero-order valence-corrected chi connectivity index (χ0v) is 13.2. The van der Waals surface area contributed by atoms with Gasteiger partial charge in [-0.1, -0.05) is 6.07 Å². The highest BCUT2D eigenvalue weighted by Crippen LogP contribution is 2.14. The van der Waals surface area contributed by atoms with Crippen molar-refractivity contribution in [3.8, 4) is 0 Å². The minimum absolute atomic E-state index is 0.0261. The Balaban J connectivity index is 1.58. The average molecular weight is 325 g/mol. The number of benzene rings is 1. The molecule has 1 fully saturated rings. The molecule has 0 unspecified atom stereocenters. The Morgan fingerprint density at radius 3 is 2.58 bits per heavy atom. The van der Waals surface area contributed by atoms with E-state index >= 15 is 0 Å². The van der Waals surface area contributed by atoms with Crippen molar-refractivity contribution in [3.63, 3.8) is 0 Å². The first-order valence-electron chi connectivity index (χ1n) is 7.92. The lowest BCUT2D eigenvalue weighted by Crippen LogP contribution is -2.38. The summed E-state index contributed by atoms with van der Waals surface area (Å²) in [6.45, 7) is 1.59. The fourth-order valence-electron chi connectivity index (χ4n) is 2.57. The SMILES string of the molecule is O=C(NCC(=O)N1CCCC1)c1cccc(Nc2ncccn2)c1. The third-order valence-corrected chi connectivity index (χ3v) is 3.81. The lowest BCUT2D eigenvalue weighted by atomic mass is 10.2. The van der Waals surface area contributed by atoms with E-state index in [1.807, 2.05) is 6.07 Å². The summed E-state index contributed by atoms with van der Waals surface area (Å²) in [4.78, 5) is 34.1. The summed E-state index contributed by atoms with van der Waals surface area (Å²) < 4.78 is 0. The maximum absolute atomic E-state index is 12.2. The maximum atomic E-state index is 12.2. The second kappa shape index (κ2) is 7.54. The van der Waals surface area contributed by atoms with Crippen LogP contribution in [-0.2, 0) is 4.79 Å². The van der Waals surface area contributed by atoms with Gasteiger partial charge < -0.3 is 15.5 Å². The van der Waals surface area contributed by atoms with E-state index in [-0.39, 0.29) is 18.4 Å². The van der Waals surface area contributed by atoms with Gasteiger partial charge in [0.05, 0.1) is 6.54 Å². The van der Waals surface area contributed by atoms with Gasteiger partial charge in [-0.15, -0.1) is 0 Å². The monoisotopic (exact) mass is 325 g/mol. The van der Waals surface area contributed by atoms with Gasteiger partial charge in [-0.3, -0.25) is 9.59 Å². The zero-order chi connectivity index (χ0) is 16.8. The molecule has 3 rings (SSSR count). The van der Waals surface area contributed by atoms with Crippen LogP contribution in [0.3, 0.4) is 0 Å². The van der Waals surface area contributed by atoms with Crippen LogP contribution in [0.15, 0.2) is 42.7 Å². The van der Waals surface area contributed by atoms with Crippen molar-refractivity contribution >= 4 is 23.5 Å². The molecule has 1 aromatic heterocycles. The first-order valence-corrected chi connectivity index (χ1v) is 7.92. The van der Waals surface area contributed by atoms with Gasteiger partial charge in [-0.05, 0) is 37.1 Å². The van der Waals surface area contributed by atoms with E-state index in [1.54, 1.807) is 41.6 Å². The second-order valence-electron chi connectivity index (χ2n) is 5.55. The number of nitrogens with one attached hydrogen (secondary N) is 2. The molecule has 0 spiro atoms. The Bertz CT molecular complexity index is 714. The molecule has 0 aliphatic carbocycles. The number of amides is 2. The number of rotatable bonds is 5. The van der Waals surface area contributed by atoms with Crippen molar-refractivity contribution < 1.29 is 9.59 Å². The molecular formula is C17H19N5O2. The molecule has 7 heteroatoms. The van der Waals surface area contributed by atoms with Crippen molar-refractivity contribution in [2.24, 2.45) is 0 Å². The zero-order valence-electron chi connectivity index (χ0n) is 13.2. The van der Waals surface area contributed by atoms with E-state index in [2.05, 4.69) is 20.6 Å². The van der Waals surface area contributed by atoms with E-state index < -0.39 is 0 Å². The van der Waals surface area contributed by atoms with E-state index in [9.17, 15) is 9.59 Å². The second-order valence-corrected chi connectivity index (χ2v) is 5.55. The van der Waals surface area contributed by atoms with Gasteiger partial charge in [0.15, 0.2) is 0 Å². The number of hydrogen-bond acceptors (Lipinski definition) is 5. The Kier molecular flexibility index (Phi) is 5.00. The molecule has 0 saturated carbocycles. The van der Waals surface area contributed by atoms with Crippen LogP contribution in [0.1, 0.15) is 23.2 Å². The first kappa shape index (κ1) is 15.9. The van der Waals surface area contributed by atoms with Gasteiger partial charge in [0.2, 0.25) is 11.9 Å². The van der Waals surface area contributed by atoms with Crippen molar-refractivity contribution in [3.05, 3.63) is 48.3 Å². The number of hydrogen-bond donors (Lipinski definition) is 2. The predicted octanol–water partition coefficient (Wildman–Crippen LogP) is 1.57. The molecule has 0 radical (unpaired) electrons. The topological polar surface area (TPSA) is 87.2 Å². The van der Waals surface area contributed by atoms with Crippen LogP contribution >= 0.6 is 0 Å². The molecule has 7 nitrogen and oxygen atoms in total. The summed E-state index contributed by atoms with van der Waals surface area (Å²) in [6, 6.07) is 8.72. The van der Waals surface area contributed by atoms with Gasteiger partial charge in [-0.25, -0.2) is 9.97 Å². The molecule has 2 N–H and O–H groups in total. The molecule has 1 aromatic carbocycles. The molecule has 1 aliphatic rings. The molecule has 1 saturated heterocycles. The van der Waals surface area contributed by atoms with Gasteiger partial charge in [-0.2, -0.15) is 0 Å². The summed E-state index contributed by atoms with van der Waals surface area (Å²) in [7, 11) is 0. The van der Waals surface area contributed by atoms with Crippen molar-refractivity contribution in [2.45, 2.75) is 12.8 Å². The normalized spacial score (nSPS) is 13.6. The van der Waals surface area contributed by atoms with Gasteiger partial charge in [0.1, 0.15) is 0 Å². The summed E-state index contributed by atoms with van der Waals surface area (Å²) in [5.41, 5.74) is 1.19. The quantitative estimate of drug-likeness (QED) is 0.871. The van der Waals surface area contributed by atoms with Crippen LogP contribution < -0.4 is 10.6 Å². The van der Waals surface area contributed by atoms with E-state index in [0.717, 1.165) is 25.9 Å². The number of carbonyl (C=O) groups excluding carboxylic acids is 2. The molecular weight excluding hydrogens is 306 g/mol. The van der Waals surface area contributed by atoms with Crippen LogP contribution in [-0.4, -0.2) is 46.3 Å². The number of aromatic nitrogens is 2. The average Bonchev–Trinajstić information content (AvgIpc) is 3.15. The molecule has 0 atom stereocenters. The van der Waals surface area contributed by atoms with E-state index in [4.69, 9.17) is 0 Å². The van der Waals surface area contributed by atoms with Crippen LogP contribution in [0.25, 0.3) is 0 Å². The minimum atomic E-state index is -0.278. The highest BCUT2D eigenvalue weighted by Gasteiger charge is 2.18. The molecule has 24 heavy (non-hydrogen) atoms. The van der Waals surface area contributed by atoms with E-state index in [1.165, 1.54) is 0 Å². The van der Waals surface area contributed by atoms with Crippen LogP contribution in [0, 0.1) is 0 Å². The molecule has 2 heterocycles. The third-order valence-electron chi connectivity index (χ3n) is 3.81. The van der Waals surface area contributed by atoms with Crippen LogP contribution in [0.4, 0.5) is 11.6 Å². The summed E-state index contributed by atoms with van der Waals surface area (Å²) in [5, 5.41) is 5.71. The van der Waals surface area contributed by atoms with Crippen molar-refractivity contribution in [1.82, 2.24) is 20.2 Å². The standard InChI is InChI=1S/C17H19N5O2/c23-15(22-9-1-2-10-22)12-20-16(24)13-5-3-6-14(11-13)21-17-18-7-4-8-19-17/h3-8,11H,1-2,9-10,12H2,(H,20,24)(H,18,19,21). The fourth-order valence-corrected chi connectivity index (χ4v) is 2.57. The Morgan fingerprint density at radius 1 is 1.08 bits per heavy atom. The molecule has 0 bridgehead atoms. The lowest BCUT2D eigenvalue weighted by Gasteiger charge is -2.15. The molecule has 2 amide bonds. The largest absolute Gasteiger partial charge is 0.343 e. The number of nitrogens with zero attached hydrogens (tertiary/aromatic N) is 3. The molecule has 1 aliphatic heterocycles. The smallest absolute Gasteiger partial charge is 0.251 e. The highest BCUT2D eigenvalue weighted by atomic mass is 16.2. The lowest BCUT2D eigenvalue weighted by molar-refractivity contribution is -0.129. The fraction of sp³-hybridized carbons (Fsp3) is 0.294. The van der Waals surface area contributed by atoms with Crippen LogP contribution in [0.5, 0.6) is 0 Å². The maximum Gasteiger partial charge on any atom is 0.251 e. The van der Waals surface area contributed by atoms with Crippen molar-refractivity contribution in [2.75, 3.05) is 25.0 Å². The Morgan fingerprint density at radius 2 is 1.83 bits per heavy atom. The van der Waals surface area contributed by atoms with Crippen molar-refractivity contribution in [1.29, 1.82) is 0 Å². The number of anilines is 2. The number of carbonyl (C=O) groups is 2. The Hall–Kier alpha value is -2.96. The minimum Gasteiger partial charge on any atom is -0.343 e. The Labute approximate surface area is 140 Å². The number of likely N-dealkylation sites (tertiary alicyclic amines) is 1. The molecule has 124 valence electrons. The predicted molar refractivity (Wildman–Crippen MR) is 89.9 cm³/mol. The summed E-state index contributed by atoms with van der Waals surface area (Å²) >= 11 is 0. The summed E-state index contributed by atoms with van der Waals surface area (Å²) in [5.74, 6) is 0.146. The van der Waals surface area contributed by atoms with E-state index in [0.29, 0.717) is 17.2 Å². The summed E-state index contributed by atoms with van der Waals surface area (Å²) in [6.07, 6.45) is 5.34. The molecule has 2 aromatic rings. The van der Waals surface area contributed by atoms with Gasteiger partial charge in [0, 0.05) is 36.7 Å². The van der Waals surface area contributed by atoms with Crippen LogP contribution in [0.2, 0.25) is 0 Å². The highest BCUT2D eigenvalue weighted by molar-refractivity contribution is 5.97. The van der Waals surface area contributed by atoms with Gasteiger partial charge in [0.25, 0.3) is 5.91 Å². The third kappa shape index (κ3) is 4.07. The first-order chi connectivity index (χ1) is 11.7.